The average molecular weight is 628 g/mol. The number of hydrogen-bond donors (Lipinski definition) is 0. The number of fused-ring (bicyclic) bond motifs is 7. The van der Waals surface area contributed by atoms with Gasteiger partial charge < -0.3 is 13.7 Å². The molecule has 0 unspecified atom stereocenters. The second kappa shape index (κ2) is 11.0. The molecule has 0 saturated heterocycles. The Balaban J connectivity index is 1.20. The number of nitrogens with zero attached hydrogens (tertiary/aromatic N) is 1. The first kappa shape index (κ1) is 27.5. The van der Waals surface area contributed by atoms with Crippen LogP contribution >= 0.6 is 0 Å². The molecule has 0 fully saturated rings. The zero-order chi connectivity index (χ0) is 32.3. The van der Waals surface area contributed by atoms with Crippen LogP contribution in [0.5, 0.6) is 0 Å². The van der Waals surface area contributed by atoms with Crippen molar-refractivity contribution >= 4 is 71.7 Å². The lowest BCUT2D eigenvalue weighted by Gasteiger charge is -2.28. The van der Waals surface area contributed by atoms with Gasteiger partial charge in [0.15, 0.2) is 5.58 Å². The summed E-state index contributed by atoms with van der Waals surface area (Å²) in [5.74, 6) is 0. The lowest BCUT2D eigenvalue weighted by Crippen LogP contribution is -2.11. The molecule has 0 amide bonds. The highest BCUT2D eigenvalue weighted by atomic mass is 16.3. The minimum absolute atomic E-state index is 0.846. The fourth-order valence-corrected chi connectivity index (χ4v) is 7.34. The highest BCUT2D eigenvalue weighted by Crippen LogP contribution is 2.47. The van der Waals surface area contributed by atoms with E-state index in [0.717, 1.165) is 77.6 Å². The van der Waals surface area contributed by atoms with Gasteiger partial charge in [0, 0.05) is 38.4 Å². The Labute approximate surface area is 282 Å². The fraction of sp³-hybridized carbons (Fsp3) is 0. The number of furan rings is 2. The van der Waals surface area contributed by atoms with Crippen LogP contribution in [-0.4, -0.2) is 0 Å². The van der Waals surface area contributed by atoms with Gasteiger partial charge in [-0.1, -0.05) is 133 Å². The van der Waals surface area contributed by atoms with Gasteiger partial charge in [-0.3, -0.25) is 0 Å². The summed E-state index contributed by atoms with van der Waals surface area (Å²) in [6.07, 6.45) is 0. The molecule has 3 heteroatoms. The van der Waals surface area contributed by atoms with E-state index in [-0.39, 0.29) is 0 Å². The molecule has 49 heavy (non-hydrogen) atoms. The standard InChI is InChI=1S/C46H29NO2/c1-2-12-32-29-33(24-23-30(32)11-1)31-25-27-34(28-26-31)47(42-20-10-18-40-37-15-5-8-22-44(37)49-46(40)42)41-19-6-3-13-35(41)38-16-9-17-39-36-14-4-7-21-43(36)48-45(38)39/h1-29H. The van der Waals surface area contributed by atoms with E-state index in [0.29, 0.717) is 0 Å². The molecule has 0 aliphatic heterocycles. The van der Waals surface area contributed by atoms with Gasteiger partial charge in [-0.2, -0.15) is 0 Å². The number of hydrogen-bond acceptors (Lipinski definition) is 3. The normalized spacial score (nSPS) is 11.7. The average Bonchev–Trinajstić information content (AvgIpc) is 3.75. The molecular formula is C46H29NO2. The van der Waals surface area contributed by atoms with Crippen LogP contribution in [0, 0.1) is 0 Å². The Kier molecular flexibility index (Phi) is 6.18. The molecule has 8 aromatic carbocycles. The summed E-state index contributed by atoms with van der Waals surface area (Å²) in [4.78, 5) is 2.33. The predicted octanol–water partition coefficient (Wildman–Crippen LogP) is 13.4. The Bertz CT molecular complexity index is 2840. The molecule has 230 valence electrons. The van der Waals surface area contributed by atoms with Gasteiger partial charge in [0.25, 0.3) is 0 Å². The van der Waals surface area contributed by atoms with Crippen LogP contribution in [0.4, 0.5) is 17.1 Å². The first-order valence-corrected chi connectivity index (χ1v) is 16.6. The molecule has 0 N–H and O–H groups in total. The molecular weight excluding hydrogens is 599 g/mol. The number of para-hydroxylation sites is 5. The Hall–Kier alpha value is -6.58. The number of anilines is 3. The molecule has 2 heterocycles. The summed E-state index contributed by atoms with van der Waals surface area (Å²) >= 11 is 0. The molecule has 0 aliphatic rings. The third kappa shape index (κ3) is 4.44. The second-order valence-electron chi connectivity index (χ2n) is 12.5. The van der Waals surface area contributed by atoms with Crippen molar-refractivity contribution < 1.29 is 8.83 Å². The van der Waals surface area contributed by atoms with Crippen LogP contribution in [0.25, 0.3) is 76.9 Å². The van der Waals surface area contributed by atoms with Crippen molar-refractivity contribution in [1.29, 1.82) is 0 Å². The third-order valence-corrected chi connectivity index (χ3v) is 9.67. The van der Waals surface area contributed by atoms with Gasteiger partial charge in [-0.15, -0.1) is 0 Å². The molecule has 2 aromatic heterocycles. The van der Waals surface area contributed by atoms with E-state index in [1.54, 1.807) is 0 Å². The molecule has 10 aromatic rings. The van der Waals surface area contributed by atoms with Gasteiger partial charge in [0.1, 0.15) is 16.7 Å². The van der Waals surface area contributed by atoms with E-state index < -0.39 is 0 Å². The second-order valence-corrected chi connectivity index (χ2v) is 12.5. The number of rotatable bonds is 5. The first-order chi connectivity index (χ1) is 24.3. The smallest absolute Gasteiger partial charge is 0.159 e. The molecule has 0 radical (unpaired) electrons. The van der Waals surface area contributed by atoms with Crippen molar-refractivity contribution in [2.24, 2.45) is 0 Å². The zero-order valence-electron chi connectivity index (χ0n) is 26.5. The Morgan fingerprint density at radius 3 is 1.69 bits per heavy atom. The van der Waals surface area contributed by atoms with Gasteiger partial charge >= 0.3 is 0 Å². The maximum absolute atomic E-state index is 6.64. The zero-order valence-corrected chi connectivity index (χ0v) is 26.5. The summed E-state index contributed by atoms with van der Waals surface area (Å²) in [5, 5.41) is 6.88. The summed E-state index contributed by atoms with van der Waals surface area (Å²) in [5.41, 5.74) is 11.0. The van der Waals surface area contributed by atoms with Gasteiger partial charge in [0.2, 0.25) is 0 Å². The highest BCUT2D eigenvalue weighted by molar-refractivity contribution is 6.13. The molecule has 0 bridgehead atoms. The maximum Gasteiger partial charge on any atom is 0.159 e. The molecule has 0 aliphatic carbocycles. The molecule has 3 nitrogen and oxygen atoms in total. The van der Waals surface area contributed by atoms with Crippen LogP contribution in [-0.2, 0) is 0 Å². The quantitative estimate of drug-likeness (QED) is 0.190. The van der Waals surface area contributed by atoms with Crippen molar-refractivity contribution in [2.45, 2.75) is 0 Å². The SMILES string of the molecule is c1ccc(N(c2ccc(-c3ccc4ccccc4c3)cc2)c2cccc3c2oc2ccccc23)c(-c2cccc3c2oc2ccccc23)c1. The van der Waals surface area contributed by atoms with Crippen LogP contribution < -0.4 is 4.90 Å². The van der Waals surface area contributed by atoms with Gasteiger partial charge in [-0.25, -0.2) is 0 Å². The largest absolute Gasteiger partial charge is 0.455 e. The van der Waals surface area contributed by atoms with Crippen molar-refractivity contribution in [1.82, 2.24) is 0 Å². The third-order valence-electron chi connectivity index (χ3n) is 9.67. The van der Waals surface area contributed by atoms with Crippen molar-refractivity contribution in [3.8, 4) is 22.3 Å². The van der Waals surface area contributed by atoms with Gasteiger partial charge in [0.05, 0.1) is 11.4 Å². The van der Waals surface area contributed by atoms with E-state index in [4.69, 9.17) is 8.83 Å². The van der Waals surface area contributed by atoms with E-state index in [9.17, 15) is 0 Å². The monoisotopic (exact) mass is 627 g/mol. The topological polar surface area (TPSA) is 29.5 Å². The number of benzene rings is 8. The van der Waals surface area contributed by atoms with E-state index >= 15 is 0 Å². The molecule has 10 rings (SSSR count). The highest BCUT2D eigenvalue weighted by Gasteiger charge is 2.23. The molecule has 0 atom stereocenters. The predicted molar refractivity (Wildman–Crippen MR) is 204 cm³/mol. The Morgan fingerprint density at radius 1 is 0.347 bits per heavy atom. The molecule has 0 spiro atoms. The lowest BCUT2D eigenvalue weighted by molar-refractivity contribution is 0.669. The first-order valence-electron chi connectivity index (χ1n) is 16.6. The van der Waals surface area contributed by atoms with Crippen molar-refractivity contribution in [3.63, 3.8) is 0 Å². The van der Waals surface area contributed by atoms with Crippen LogP contribution in [0.1, 0.15) is 0 Å². The summed E-state index contributed by atoms with van der Waals surface area (Å²) in [7, 11) is 0. The summed E-state index contributed by atoms with van der Waals surface area (Å²) in [6, 6.07) is 62.0. The van der Waals surface area contributed by atoms with Crippen LogP contribution in [0.15, 0.2) is 185 Å². The maximum atomic E-state index is 6.64. The van der Waals surface area contributed by atoms with E-state index in [1.807, 2.05) is 24.3 Å². The van der Waals surface area contributed by atoms with Crippen LogP contribution in [0.2, 0.25) is 0 Å². The Morgan fingerprint density at radius 2 is 0.898 bits per heavy atom. The summed E-state index contributed by atoms with van der Waals surface area (Å²) in [6.45, 7) is 0. The van der Waals surface area contributed by atoms with Crippen LogP contribution in [0.3, 0.4) is 0 Å². The summed E-state index contributed by atoms with van der Waals surface area (Å²) < 4.78 is 13.2. The van der Waals surface area contributed by atoms with Crippen molar-refractivity contribution in [2.75, 3.05) is 4.90 Å². The van der Waals surface area contributed by atoms with Crippen molar-refractivity contribution in [3.05, 3.63) is 176 Å². The van der Waals surface area contributed by atoms with E-state index in [1.165, 1.54) is 16.3 Å². The molecule has 0 saturated carbocycles. The van der Waals surface area contributed by atoms with E-state index in [2.05, 4.69) is 157 Å². The lowest BCUT2D eigenvalue weighted by atomic mass is 9.98. The minimum atomic E-state index is 0.846. The minimum Gasteiger partial charge on any atom is -0.455 e. The van der Waals surface area contributed by atoms with Gasteiger partial charge in [-0.05, 0) is 64.4 Å². The fourth-order valence-electron chi connectivity index (χ4n) is 7.34.